The second-order valence-electron chi connectivity index (χ2n) is 3.65. The highest BCUT2D eigenvalue weighted by Gasteiger charge is 2.10. The van der Waals surface area contributed by atoms with Gasteiger partial charge in [-0.1, -0.05) is 12.1 Å². The predicted octanol–water partition coefficient (Wildman–Crippen LogP) is 3.52. The molecule has 0 aliphatic rings. The molecule has 2 aromatic rings. The third-order valence-corrected chi connectivity index (χ3v) is 2.56. The smallest absolute Gasteiger partial charge is 0.135 e. The van der Waals surface area contributed by atoms with E-state index in [2.05, 4.69) is 0 Å². The van der Waals surface area contributed by atoms with Crippen molar-refractivity contribution in [2.24, 2.45) is 0 Å². The lowest BCUT2D eigenvalue weighted by Crippen LogP contribution is -1.95. The van der Waals surface area contributed by atoms with Gasteiger partial charge in [-0.05, 0) is 36.8 Å². The van der Waals surface area contributed by atoms with E-state index in [1.807, 2.05) is 0 Å². The standard InChI is InChI=1S/C13H11F2N/c1-8-12(16)6-5-11(13(8)15)9-3-2-4-10(14)7-9/h2-7H,16H2,1H3. The zero-order valence-corrected chi connectivity index (χ0v) is 8.80. The summed E-state index contributed by atoms with van der Waals surface area (Å²) in [6, 6.07) is 9.03. The van der Waals surface area contributed by atoms with E-state index in [-0.39, 0.29) is 5.82 Å². The number of nitrogen functional groups attached to an aromatic ring is 1. The van der Waals surface area contributed by atoms with Crippen LogP contribution in [0, 0.1) is 18.6 Å². The van der Waals surface area contributed by atoms with Crippen molar-refractivity contribution >= 4 is 5.69 Å². The Morgan fingerprint density at radius 1 is 1.06 bits per heavy atom. The van der Waals surface area contributed by atoms with E-state index in [9.17, 15) is 8.78 Å². The summed E-state index contributed by atoms with van der Waals surface area (Å²) in [6.45, 7) is 1.60. The first-order valence-electron chi connectivity index (χ1n) is 4.90. The molecule has 0 aliphatic heterocycles. The Morgan fingerprint density at radius 2 is 1.81 bits per heavy atom. The summed E-state index contributed by atoms with van der Waals surface area (Å²) < 4.78 is 26.9. The SMILES string of the molecule is Cc1c(N)ccc(-c2cccc(F)c2)c1F. The Morgan fingerprint density at radius 3 is 2.50 bits per heavy atom. The highest BCUT2D eigenvalue weighted by atomic mass is 19.1. The summed E-state index contributed by atoms with van der Waals surface area (Å²) in [5.74, 6) is -0.781. The van der Waals surface area contributed by atoms with Crippen molar-refractivity contribution in [3.63, 3.8) is 0 Å². The molecule has 3 heteroatoms. The molecule has 0 saturated carbocycles. The molecule has 2 rings (SSSR count). The third kappa shape index (κ3) is 1.76. The molecule has 0 spiro atoms. The summed E-state index contributed by atoms with van der Waals surface area (Å²) >= 11 is 0. The van der Waals surface area contributed by atoms with Crippen LogP contribution in [0.1, 0.15) is 5.56 Å². The quantitative estimate of drug-likeness (QED) is 0.729. The van der Waals surface area contributed by atoms with Crippen molar-refractivity contribution in [2.75, 3.05) is 5.73 Å². The van der Waals surface area contributed by atoms with E-state index in [4.69, 9.17) is 5.73 Å². The minimum absolute atomic E-state index is 0.367. The molecule has 0 amide bonds. The van der Waals surface area contributed by atoms with Crippen molar-refractivity contribution < 1.29 is 8.78 Å². The lowest BCUT2D eigenvalue weighted by molar-refractivity contribution is 0.620. The highest BCUT2D eigenvalue weighted by molar-refractivity contribution is 5.68. The lowest BCUT2D eigenvalue weighted by atomic mass is 10.0. The molecule has 0 fully saturated rings. The van der Waals surface area contributed by atoms with E-state index in [0.717, 1.165) is 0 Å². The summed E-state index contributed by atoms with van der Waals surface area (Å²) in [5, 5.41) is 0. The van der Waals surface area contributed by atoms with Crippen LogP contribution in [0.15, 0.2) is 36.4 Å². The molecule has 0 saturated heterocycles. The van der Waals surface area contributed by atoms with Crippen molar-refractivity contribution in [2.45, 2.75) is 6.92 Å². The largest absolute Gasteiger partial charge is 0.398 e. The predicted molar refractivity (Wildman–Crippen MR) is 60.9 cm³/mol. The Kier molecular flexibility index (Phi) is 2.60. The van der Waals surface area contributed by atoms with Crippen molar-refractivity contribution in [1.82, 2.24) is 0 Å². The summed E-state index contributed by atoms with van der Waals surface area (Å²) in [4.78, 5) is 0. The Bertz CT molecular complexity index is 535. The molecule has 2 N–H and O–H groups in total. The molecule has 16 heavy (non-hydrogen) atoms. The van der Waals surface area contributed by atoms with Crippen LogP contribution in [0.25, 0.3) is 11.1 Å². The van der Waals surface area contributed by atoms with Gasteiger partial charge in [0.15, 0.2) is 0 Å². The Hall–Kier alpha value is -1.90. The number of halogens is 2. The van der Waals surface area contributed by atoms with Gasteiger partial charge in [0.2, 0.25) is 0 Å². The van der Waals surface area contributed by atoms with Crippen LogP contribution in [0.3, 0.4) is 0 Å². The fraction of sp³-hybridized carbons (Fsp3) is 0.0769. The number of benzene rings is 2. The van der Waals surface area contributed by atoms with Gasteiger partial charge < -0.3 is 5.73 Å². The highest BCUT2D eigenvalue weighted by Crippen LogP contribution is 2.28. The normalized spacial score (nSPS) is 10.4. The zero-order valence-electron chi connectivity index (χ0n) is 8.80. The van der Waals surface area contributed by atoms with Crippen LogP contribution in [-0.2, 0) is 0 Å². The Balaban J connectivity index is 2.61. The van der Waals surface area contributed by atoms with Crippen molar-refractivity contribution in [3.05, 3.63) is 53.6 Å². The number of rotatable bonds is 1. The molecular formula is C13H11F2N. The topological polar surface area (TPSA) is 26.0 Å². The first-order chi connectivity index (χ1) is 7.59. The molecule has 0 aliphatic carbocycles. The van der Waals surface area contributed by atoms with Crippen molar-refractivity contribution in [1.29, 1.82) is 0 Å². The second-order valence-corrected chi connectivity index (χ2v) is 3.65. The van der Waals surface area contributed by atoms with Crippen LogP contribution < -0.4 is 5.73 Å². The summed E-state index contributed by atoms with van der Waals surface area (Å²) in [6.07, 6.45) is 0. The molecule has 0 unspecified atom stereocenters. The van der Waals surface area contributed by atoms with Gasteiger partial charge in [0.25, 0.3) is 0 Å². The van der Waals surface area contributed by atoms with Gasteiger partial charge in [-0.2, -0.15) is 0 Å². The average molecular weight is 219 g/mol. The van der Waals surface area contributed by atoms with E-state index < -0.39 is 5.82 Å². The maximum Gasteiger partial charge on any atom is 0.135 e. The van der Waals surface area contributed by atoms with Gasteiger partial charge in [-0.3, -0.25) is 0 Å². The fourth-order valence-corrected chi connectivity index (χ4v) is 1.58. The lowest BCUT2D eigenvalue weighted by Gasteiger charge is -2.08. The van der Waals surface area contributed by atoms with Crippen LogP contribution in [0.2, 0.25) is 0 Å². The molecule has 82 valence electrons. The molecule has 0 aromatic heterocycles. The fourth-order valence-electron chi connectivity index (χ4n) is 1.58. The molecule has 2 aromatic carbocycles. The summed E-state index contributed by atoms with van der Waals surface area (Å²) in [5.41, 5.74) is 7.26. The minimum Gasteiger partial charge on any atom is -0.398 e. The first kappa shape index (κ1) is 10.6. The molecule has 0 bridgehead atoms. The second kappa shape index (κ2) is 3.93. The number of hydrogen-bond acceptors (Lipinski definition) is 1. The summed E-state index contributed by atoms with van der Waals surface area (Å²) in [7, 11) is 0. The van der Waals surface area contributed by atoms with Crippen LogP contribution >= 0.6 is 0 Å². The van der Waals surface area contributed by atoms with Crippen molar-refractivity contribution in [3.8, 4) is 11.1 Å². The number of hydrogen-bond donors (Lipinski definition) is 1. The number of nitrogens with two attached hydrogens (primary N) is 1. The molecule has 0 heterocycles. The third-order valence-electron chi connectivity index (χ3n) is 2.56. The van der Waals surface area contributed by atoms with Crippen LogP contribution in [0.5, 0.6) is 0 Å². The Labute approximate surface area is 92.5 Å². The van der Waals surface area contributed by atoms with Gasteiger partial charge in [-0.25, -0.2) is 8.78 Å². The molecular weight excluding hydrogens is 208 g/mol. The van der Waals surface area contributed by atoms with E-state index in [0.29, 0.717) is 22.4 Å². The van der Waals surface area contributed by atoms with Gasteiger partial charge in [-0.15, -0.1) is 0 Å². The zero-order chi connectivity index (χ0) is 11.7. The number of anilines is 1. The first-order valence-corrected chi connectivity index (χ1v) is 4.90. The van der Waals surface area contributed by atoms with Crippen LogP contribution in [0.4, 0.5) is 14.5 Å². The average Bonchev–Trinajstić information content (AvgIpc) is 2.26. The maximum atomic E-state index is 13.9. The monoisotopic (exact) mass is 219 g/mol. The van der Waals surface area contributed by atoms with Gasteiger partial charge in [0.05, 0.1) is 0 Å². The van der Waals surface area contributed by atoms with Gasteiger partial charge in [0.1, 0.15) is 11.6 Å². The molecule has 0 radical (unpaired) electrons. The maximum absolute atomic E-state index is 13.9. The van der Waals surface area contributed by atoms with E-state index in [1.165, 1.54) is 12.1 Å². The van der Waals surface area contributed by atoms with Crippen LogP contribution in [-0.4, -0.2) is 0 Å². The van der Waals surface area contributed by atoms with Gasteiger partial charge in [0, 0.05) is 16.8 Å². The van der Waals surface area contributed by atoms with Gasteiger partial charge >= 0.3 is 0 Å². The molecule has 1 nitrogen and oxygen atoms in total. The molecule has 0 atom stereocenters. The van der Waals surface area contributed by atoms with E-state index in [1.54, 1.807) is 31.2 Å². The van der Waals surface area contributed by atoms with E-state index >= 15 is 0 Å². The minimum atomic E-state index is -0.398.